The van der Waals surface area contributed by atoms with Gasteiger partial charge < -0.3 is 33.2 Å². The monoisotopic (exact) mass is 393 g/mol. The van der Waals surface area contributed by atoms with Gasteiger partial charge in [0.1, 0.15) is 6.10 Å². The van der Waals surface area contributed by atoms with E-state index in [9.17, 15) is 4.79 Å². The highest BCUT2D eigenvalue weighted by Gasteiger charge is 2.51. The lowest BCUT2D eigenvalue weighted by Gasteiger charge is -2.51. The van der Waals surface area contributed by atoms with Crippen molar-refractivity contribution < 1.29 is 38.0 Å². The molecule has 3 rings (SSSR count). The summed E-state index contributed by atoms with van der Waals surface area (Å²) in [5.74, 6) is 1.19. The molecule has 0 aromatic rings. The molecule has 0 radical (unpaired) electrons. The fourth-order valence-electron chi connectivity index (χ4n) is 5.15. The second kappa shape index (κ2) is 6.51. The summed E-state index contributed by atoms with van der Waals surface area (Å²) in [4.78, 5) is 11.4. The van der Waals surface area contributed by atoms with Gasteiger partial charge in [0.05, 0.1) is 26.2 Å². The van der Waals surface area contributed by atoms with Crippen molar-refractivity contribution in [2.24, 2.45) is 11.8 Å². The van der Waals surface area contributed by atoms with E-state index in [1.165, 1.54) is 62.5 Å². The zero-order valence-corrected chi connectivity index (χ0v) is 15.0. The SMILES string of the molecule is CC(=O)OC1C2CCCC1C([N+]1(C)CCCC1)CC2.[I-]. The molecule has 4 atom stereocenters. The summed E-state index contributed by atoms with van der Waals surface area (Å²) in [6, 6.07) is 0.739. The van der Waals surface area contributed by atoms with Crippen molar-refractivity contribution in [1.82, 2.24) is 0 Å². The van der Waals surface area contributed by atoms with Crippen molar-refractivity contribution in [3.8, 4) is 0 Å². The maximum absolute atomic E-state index is 11.4. The number of nitrogens with zero attached hydrogens (tertiary/aromatic N) is 1. The lowest BCUT2D eigenvalue weighted by molar-refractivity contribution is -0.928. The smallest absolute Gasteiger partial charge is 0.302 e. The Morgan fingerprint density at radius 1 is 1.05 bits per heavy atom. The first-order chi connectivity index (χ1) is 9.10. The molecule has 20 heavy (non-hydrogen) atoms. The van der Waals surface area contributed by atoms with Gasteiger partial charge in [-0.3, -0.25) is 4.79 Å². The van der Waals surface area contributed by atoms with Crippen molar-refractivity contribution in [2.45, 2.75) is 64.0 Å². The van der Waals surface area contributed by atoms with Crippen LogP contribution in [0.2, 0.25) is 0 Å². The van der Waals surface area contributed by atoms with Crippen LogP contribution < -0.4 is 24.0 Å². The molecular weight excluding hydrogens is 365 g/mol. The average Bonchev–Trinajstić information content (AvgIpc) is 2.76. The summed E-state index contributed by atoms with van der Waals surface area (Å²) in [6.07, 6.45) is 9.47. The molecule has 2 saturated carbocycles. The minimum atomic E-state index is -0.0772. The number of rotatable bonds is 2. The van der Waals surface area contributed by atoms with Crippen molar-refractivity contribution in [2.75, 3.05) is 20.1 Å². The molecule has 4 unspecified atom stereocenters. The second-order valence-corrected chi connectivity index (χ2v) is 7.21. The summed E-state index contributed by atoms with van der Waals surface area (Å²) in [5.41, 5.74) is 0. The van der Waals surface area contributed by atoms with E-state index in [1.807, 2.05) is 0 Å². The Labute approximate surface area is 140 Å². The lowest BCUT2D eigenvalue weighted by atomic mass is 9.66. The summed E-state index contributed by atoms with van der Waals surface area (Å²) >= 11 is 0. The van der Waals surface area contributed by atoms with Crippen LogP contribution >= 0.6 is 0 Å². The molecule has 2 bridgehead atoms. The minimum Gasteiger partial charge on any atom is -1.00 e. The van der Waals surface area contributed by atoms with Crippen LogP contribution in [0.3, 0.4) is 0 Å². The second-order valence-electron chi connectivity index (χ2n) is 7.21. The van der Waals surface area contributed by atoms with Crippen LogP contribution in [0.4, 0.5) is 0 Å². The number of esters is 1. The molecule has 0 amide bonds. The molecule has 3 nitrogen and oxygen atoms in total. The van der Waals surface area contributed by atoms with Crippen LogP contribution in [0.1, 0.15) is 51.9 Å². The molecule has 3 fully saturated rings. The van der Waals surface area contributed by atoms with Gasteiger partial charge in [0.25, 0.3) is 0 Å². The number of carbonyl (C=O) groups is 1. The number of carbonyl (C=O) groups excluding carboxylic acids is 1. The molecule has 1 heterocycles. The Morgan fingerprint density at radius 3 is 2.40 bits per heavy atom. The van der Waals surface area contributed by atoms with Gasteiger partial charge in [-0.05, 0) is 25.2 Å². The molecule has 0 aromatic carbocycles. The van der Waals surface area contributed by atoms with Gasteiger partial charge in [-0.2, -0.15) is 0 Å². The van der Waals surface area contributed by atoms with E-state index in [-0.39, 0.29) is 36.0 Å². The summed E-state index contributed by atoms with van der Waals surface area (Å²) in [7, 11) is 2.44. The molecule has 1 saturated heterocycles. The average molecular weight is 393 g/mol. The Kier molecular flexibility index (Phi) is 5.38. The van der Waals surface area contributed by atoms with Gasteiger partial charge in [0.15, 0.2) is 0 Å². The number of quaternary nitrogens is 1. The molecule has 116 valence electrons. The van der Waals surface area contributed by atoms with Gasteiger partial charge in [-0.1, -0.05) is 6.42 Å². The van der Waals surface area contributed by atoms with E-state index < -0.39 is 0 Å². The first-order valence-electron chi connectivity index (χ1n) is 8.11. The van der Waals surface area contributed by atoms with E-state index in [1.54, 1.807) is 6.92 Å². The lowest BCUT2D eigenvalue weighted by Crippen LogP contribution is -3.00. The third-order valence-electron chi connectivity index (χ3n) is 6.02. The molecule has 0 aromatic heterocycles. The Balaban J connectivity index is 0.00000147. The van der Waals surface area contributed by atoms with E-state index in [4.69, 9.17) is 4.74 Å². The summed E-state index contributed by atoms with van der Waals surface area (Å²) in [5, 5.41) is 0. The van der Waals surface area contributed by atoms with Crippen molar-refractivity contribution in [1.29, 1.82) is 0 Å². The fraction of sp³-hybridized carbons (Fsp3) is 0.938. The predicted molar refractivity (Wildman–Crippen MR) is 74.6 cm³/mol. The number of likely N-dealkylation sites (tertiary alicyclic amines) is 1. The summed E-state index contributed by atoms with van der Waals surface area (Å²) in [6.45, 7) is 4.24. The van der Waals surface area contributed by atoms with E-state index in [2.05, 4.69) is 7.05 Å². The van der Waals surface area contributed by atoms with Gasteiger partial charge in [0, 0.05) is 32.1 Å². The fourth-order valence-corrected chi connectivity index (χ4v) is 5.15. The molecule has 0 N–H and O–H groups in total. The largest absolute Gasteiger partial charge is 1.00 e. The minimum absolute atomic E-state index is 0. The maximum Gasteiger partial charge on any atom is 0.302 e. The van der Waals surface area contributed by atoms with Crippen LogP contribution in [-0.4, -0.2) is 42.7 Å². The predicted octanol–water partition coefficient (Wildman–Crippen LogP) is -0.259. The third kappa shape index (κ3) is 3.01. The number of hydrogen-bond acceptors (Lipinski definition) is 2. The van der Waals surface area contributed by atoms with E-state index in [0.717, 1.165) is 6.04 Å². The molecule has 2 aliphatic carbocycles. The standard InChI is InChI=1S/C16H28NO2.HI/c1-12(18)19-16-13-6-5-7-14(16)15(9-8-13)17(2)10-3-4-11-17;/h13-16H,3-11H2,1-2H3;1H/q+1;/p-1. The Bertz CT molecular complexity index is 354. The molecule has 0 spiro atoms. The van der Waals surface area contributed by atoms with Crippen LogP contribution in [-0.2, 0) is 9.53 Å². The zero-order chi connectivity index (χ0) is 13.5. The highest BCUT2D eigenvalue weighted by molar-refractivity contribution is 5.66. The summed E-state index contributed by atoms with van der Waals surface area (Å²) < 4.78 is 6.99. The van der Waals surface area contributed by atoms with E-state index >= 15 is 0 Å². The zero-order valence-electron chi connectivity index (χ0n) is 12.8. The van der Waals surface area contributed by atoms with Gasteiger partial charge in [0.2, 0.25) is 0 Å². The Hall–Kier alpha value is 0.160. The molecular formula is C16H28INO2. The first kappa shape index (κ1) is 16.5. The first-order valence-corrected chi connectivity index (χ1v) is 8.11. The Morgan fingerprint density at radius 2 is 1.75 bits per heavy atom. The van der Waals surface area contributed by atoms with E-state index in [0.29, 0.717) is 11.8 Å². The number of hydrogen-bond donors (Lipinski definition) is 0. The topological polar surface area (TPSA) is 26.3 Å². The number of ether oxygens (including phenoxy) is 1. The van der Waals surface area contributed by atoms with Crippen LogP contribution in [0, 0.1) is 11.8 Å². The van der Waals surface area contributed by atoms with Crippen molar-refractivity contribution in [3.63, 3.8) is 0 Å². The molecule has 1 aliphatic heterocycles. The van der Waals surface area contributed by atoms with Crippen LogP contribution in [0.15, 0.2) is 0 Å². The maximum atomic E-state index is 11.4. The van der Waals surface area contributed by atoms with Gasteiger partial charge in [-0.25, -0.2) is 0 Å². The van der Waals surface area contributed by atoms with Crippen LogP contribution in [0.25, 0.3) is 0 Å². The number of halogens is 1. The highest BCUT2D eigenvalue weighted by Crippen LogP contribution is 2.46. The van der Waals surface area contributed by atoms with Crippen LogP contribution in [0.5, 0.6) is 0 Å². The number of fused-ring (bicyclic) bond motifs is 2. The molecule has 3 aliphatic rings. The third-order valence-corrected chi connectivity index (χ3v) is 6.02. The van der Waals surface area contributed by atoms with Crippen molar-refractivity contribution >= 4 is 5.97 Å². The normalized spacial score (nSPS) is 38.9. The highest BCUT2D eigenvalue weighted by atomic mass is 127. The van der Waals surface area contributed by atoms with Gasteiger partial charge >= 0.3 is 5.97 Å². The quantitative estimate of drug-likeness (QED) is 0.367. The van der Waals surface area contributed by atoms with Crippen molar-refractivity contribution in [3.05, 3.63) is 0 Å². The van der Waals surface area contributed by atoms with Gasteiger partial charge in [-0.15, -0.1) is 0 Å². The molecule has 4 heteroatoms.